The zero-order valence-corrected chi connectivity index (χ0v) is 19.0. The third kappa shape index (κ3) is 5.07. The molecule has 0 saturated carbocycles. The Balaban J connectivity index is 1.27. The summed E-state index contributed by atoms with van der Waals surface area (Å²) in [6.45, 7) is 6.05. The third-order valence-corrected chi connectivity index (χ3v) is 6.20. The highest BCUT2D eigenvalue weighted by Crippen LogP contribution is 2.33. The van der Waals surface area contributed by atoms with E-state index in [0.717, 1.165) is 91.1 Å². The van der Waals surface area contributed by atoms with Gasteiger partial charge in [0.05, 0.1) is 24.9 Å². The molecule has 5 rings (SSSR count). The number of aromatic nitrogens is 4. The van der Waals surface area contributed by atoms with Gasteiger partial charge >= 0.3 is 0 Å². The number of H-pyrrole nitrogens is 1. The van der Waals surface area contributed by atoms with E-state index in [1.165, 1.54) is 5.56 Å². The molecule has 1 aliphatic heterocycles. The molecule has 0 atom stereocenters. The van der Waals surface area contributed by atoms with E-state index in [4.69, 9.17) is 9.47 Å². The van der Waals surface area contributed by atoms with Gasteiger partial charge < -0.3 is 24.7 Å². The van der Waals surface area contributed by atoms with Crippen molar-refractivity contribution in [2.45, 2.75) is 19.3 Å². The summed E-state index contributed by atoms with van der Waals surface area (Å²) in [5.41, 5.74) is 3.97. The van der Waals surface area contributed by atoms with Crippen molar-refractivity contribution in [3.05, 3.63) is 54.2 Å². The summed E-state index contributed by atoms with van der Waals surface area (Å²) in [7, 11) is 1.68. The summed E-state index contributed by atoms with van der Waals surface area (Å²) in [6, 6.07) is 8.19. The van der Waals surface area contributed by atoms with Crippen LogP contribution in [-0.2, 0) is 12.8 Å². The average molecular weight is 447 g/mol. The Labute approximate surface area is 193 Å². The van der Waals surface area contributed by atoms with Crippen LogP contribution in [0.1, 0.15) is 17.7 Å². The summed E-state index contributed by atoms with van der Waals surface area (Å²) in [5.74, 6) is 1.45. The maximum Gasteiger partial charge on any atom is 0.163 e. The van der Waals surface area contributed by atoms with E-state index in [0.29, 0.717) is 6.61 Å². The minimum absolute atomic E-state index is 0.651. The Morgan fingerprint density at radius 1 is 1.03 bits per heavy atom. The number of hydrogen-bond acceptors (Lipinski definition) is 7. The molecular weight excluding hydrogens is 416 g/mol. The van der Waals surface area contributed by atoms with Crippen LogP contribution in [0.2, 0.25) is 0 Å². The molecule has 1 aliphatic rings. The van der Waals surface area contributed by atoms with Gasteiger partial charge in [-0.2, -0.15) is 0 Å². The fourth-order valence-electron chi connectivity index (χ4n) is 4.38. The number of nitrogens with zero attached hydrogens (tertiary/aromatic N) is 4. The second kappa shape index (κ2) is 10.1. The third-order valence-electron chi connectivity index (χ3n) is 6.20. The first-order valence-electron chi connectivity index (χ1n) is 11.6. The van der Waals surface area contributed by atoms with Crippen LogP contribution in [0.25, 0.3) is 21.9 Å². The van der Waals surface area contributed by atoms with Crippen LogP contribution in [0.4, 0.5) is 0 Å². The molecule has 8 heteroatoms. The molecule has 4 heterocycles. The van der Waals surface area contributed by atoms with Crippen molar-refractivity contribution in [2.75, 3.05) is 46.4 Å². The zero-order chi connectivity index (χ0) is 22.5. The van der Waals surface area contributed by atoms with E-state index < -0.39 is 0 Å². The van der Waals surface area contributed by atoms with E-state index in [1.54, 1.807) is 13.4 Å². The molecule has 8 nitrogen and oxygen atoms in total. The lowest BCUT2D eigenvalue weighted by Gasteiger charge is -2.27. The maximum atomic E-state index is 6.09. The molecule has 1 saturated heterocycles. The lowest BCUT2D eigenvalue weighted by molar-refractivity contribution is 0.211. The number of pyridine rings is 1. The molecular formula is C25H30N6O2. The lowest BCUT2D eigenvalue weighted by atomic mass is 10.1. The van der Waals surface area contributed by atoms with E-state index in [9.17, 15) is 0 Å². The molecule has 0 radical (unpaired) electrons. The average Bonchev–Trinajstić information content (AvgIpc) is 3.33. The molecule has 0 bridgehead atoms. The molecule has 0 amide bonds. The SMILES string of the molecule is COc1cc2c(CCc3cnc4[nH]ccc4c3)ncnc2cc1OCCCN1CCNCC1. The maximum absolute atomic E-state index is 6.09. The predicted octanol–water partition coefficient (Wildman–Crippen LogP) is 2.97. The number of nitrogens with one attached hydrogen (secondary N) is 2. The Bertz CT molecular complexity index is 1220. The van der Waals surface area contributed by atoms with Crippen LogP contribution in [0.3, 0.4) is 0 Å². The second-order valence-electron chi connectivity index (χ2n) is 8.39. The van der Waals surface area contributed by atoms with Gasteiger partial charge in [0.2, 0.25) is 0 Å². The number of methoxy groups -OCH3 is 1. The topological polar surface area (TPSA) is 88.2 Å². The first-order chi connectivity index (χ1) is 16.3. The monoisotopic (exact) mass is 446 g/mol. The zero-order valence-electron chi connectivity index (χ0n) is 19.0. The molecule has 4 aromatic rings. The summed E-state index contributed by atoms with van der Waals surface area (Å²) in [5, 5.41) is 5.51. The van der Waals surface area contributed by atoms with Gasteiger partial charge in [0, 0.05) is 62.0 Å². The first kappa shape index (κ1) is 21.6. The molecule has 3 aromatic heterocycles. The Morgan fingerprint density at radius 2 is 1.94 bits per heavy atom. The van der Waals surface area contributed by atoms with Crippen molar-refractivity contribution in [3.8, 4) is 11.5 Å². The van der Waals surface area contributed by atoms with Crippen molar-refractivity contribution in [2.24, 2.45) is 0 Å². The Hall–Kier alpha value is -3.23. The summed E-state index contributed by atoms with van der Waals surface area (Å²) in [6.07, 6.45) is 8.10. The quantitative estimate of drug-likeness (QED) is 0.382. The number of ether oxygens (including phenoxy) is 2. The van der Waals surface area contributed by atoms with Crippen molar-refractivity contribution >= 4 is 21.9 Å². The van der Waals surface area contributed by atoms with Crippen LogP contribution in [0.15, 0.2) is 43.0 Å². The number of benzene rings is 1. The lowest BCUT2D eigenvalue weighted by Crippen LogP contribution is -2.43. The normalized spacial score (nSPS) is 14.7. The van der Waals surface area contributed by atoms with Crippen molar-refractivity contribution < 1.29 is 9.47 Å². The number of aryl methyl sites for hydroxylation is 2. The standard InChI is InChI=1S/C25H30N6O2/c1-32-23-14-20-21(4-3-18-13-19-5-6-27-25(19)28-16-18)29-17-30-22(20)15-24(23)33-12-2-9-31-10-7-26-8-11-31/h5-6,13-17,26H,2-4,7-12H2,1H3,(H,27,28). The van der Waals surface area contributed by atoms with Crippen LogP contribution < -0.4 is 14.8 Å². The highest BCUT2D eigenvalue weighted by Gasteiger charge is 2.13. The number of piperazine rings is 1. The van der Waals surface area contributed by atoms with Gasteiger partial charge in [-0.3, -0.25) is 0 Å². The van der Waals surface area contributed by atoms with Crippen molar-refractivity contribution in [1.82, 2.24) is 30.2 Å². The van der Waals surface area contributed by atoms with Crippen molar-refractivity contribution in [1.29, 1.82) is 0 Å². The molecule has 1 fully saturated rings. The van der Waals surface area contributed by atoms with Crippen LogP contribution >= 0.6 is 0 Å². The number of aromatic amines is 1. The Kier molecular flexibility index (Phi) is 6.64. The van der Waals surface area contributed by atoms with Gasteiger partial charge in [0.15, 0.2) is 11.5 Å². The highest BCUT2D eigenvalue weighted by atomic mass is 16.5. The van der Waals surface area contributed by atoms with Gasteiger partial charge in [-0.25, -0.2) is 15.0 Å². The summed E-state index contributed by atoms with van der Waals surface area (Å²) >= 11 is 0. The Morgan fingerprint density at radius 3 is 2.82 bits per heavy atom. The predicted molar refractivity (Wildman–Crippen MR) is 129 cm³/mol. The molecule has 0 spiro atoms. The van der Waals surface area contributed by atoms with Crippen LogP contribution in [0.5, 0.6) is 11.5 Å². The van der Waals surface area contributed by atoms with Gasteiger partial charge in [-0.1, -0.05) is 0 Å². The molecule has 2 N–H and O–H groups in total. The minimum atomic E-state index is 0.651. The van der Waals surface area contributed by atoms with E-state index in [2.05, 4.69) is 36.2 Å². The number of hydrogen-bond donors (Lipinski definition) is 2. The second-order valence-corrected chi connectivity index (χ2v) is 8.39. The molecule has 1 aromatic carbocycles. The largest absolute Gasteiger partial charge is 0.493 e. The van der Waals surface area contributed by atoms with Gasteiger partial charge in [-0.15, -0.1) is 0 Å². The van der Waals surface area contributed by atoms with E-state index in [-0.39, 0.29) is 0 Å². The first-order valence-corrected chi connectivity index (χ1v) is 11.6. The van der Waals surface area contributed by atoms with Crippen LogP contribution in [0, 0.1) is 0 Å². The van der Waals surface area contributed by atoms with Crippen molar-refractivity contribution in [3.63, 3.8) is 0 Å². The smallest absolute Gasteiger partial charge is 0.163 e. The molecule has 0 aliphatic carbocycles. The molecule has 0 unspecified atom stereocenters. The minimum Gasteiger partial charge on any atom is -0.493 e. The number of rotatable bonds is 9. The fraction of sp³-hybridized carbons (Fsp3) is 0.400. The van der Waals surface area contributed by atoms with Gasteiger partial charge in [0.25, 0.3) is 0 Å². The summed E-state index contributed by atoms with van der Waals surface area (Å²) < 4.78 is 11.7. The molecule has 172 valence electrons. The highest BCUT2D eigenvalue weighted by molar-refractivity contribution is 5.84. The van der Waals surface area contributed by atoms with Gasteiger partial charge in [0.1, 0.15) is 12.0 Å². The molecule has 33 heavy (non-hydrogen) atoms. The van der Waals surface area contributed by atoms with E-state index >= 15 is 0 Å². The van der Waals surface area contributed by atoms with Gasteiger partial charge in [-0.05, 0) is 43.0 Å². The van der Waals surface area contributed by atoms with E-state index in [1.807, 2.05) is 30.6 Å². The van der Waals surface area contributed by atoms with Crippen LogP contribution in [-0.4, -0.2) is 71.3 Å². The number of fused-ring (bicyclic) bond motifs is 2. The fourth-order valence-corrected chi connectivity index (χ4v) is 4.38. The summed E-state index contributed by atoms with van der Waals surface area (Å²) in [4.78, 5) is 19.1.